The van der Waals surface area contributed by atoms with Crippen molar-refractivity contribution in [3.8, 4) is 0 Å². The van der Waals surface area contributed by atoms with Gasteiger partial charge in [-0.25, -0.2) is 4.79 Å². The van der Waals surface area contributed by atoms with E-state index in [0.29, 0.717) is 11.6 Å². The molecule has 0 heterocycles. The van der Waals surface area contributed by atoms with Gasteiger partial charge in [0.25, 0.3) is 5.69 Å². The van der Waals surface area contributed by atoms with Crippen molar-refractivity contribution in [3.05, 3.63) is 69.3 Å². The second-order valence-electron chi connectivity index (χ2n) is 5.71. The third-order valence-electron chi connectivity index (χ3n) is 3.72. The fourth-order valence-corrected chi connectivity index (χ4v) is 2.25. The number of esters is 1. The van der Waals surface area contributed by atoms with E-state index in [-0.39, 0.29) is 17.9 Å². The molecule has 0 aliphatic heterocycles. The van der Waals surface area contributed by atoms with Gasteiger partial charge in [-0.15, -0.1) is 0 Å². The average Bonchev–Trinajstić information content (AvgIpc) is 2.59. The first-order chi connectivity index (χ1) is 11.4. The van der Waals surface area contributed by atoms with Crippen LogP contribution in [-0.2, 0) is 11.3 Å². The Labute approximate surface area is 140 Å². The van der Waals surface area contributed by atoms with E-state index in [2.05, 4.69) is 19.2 Å². The zero-order valence-electron chi connectivity index (χ0n) is 13.9. The van der Waals surface area contributed by atoms with Crippen LogP contribution in [0.4, 0.5) is 11.4 Å². The third-order valence-corrected chi connectivity index (χ3v) is 3.72. The van der Waals surface area contributed by atoms with Crippen molar-refractivity contribution in [2.75, 3.05) is 12.4 Å². The van der Waals surface area contributed by atoms with E-state index in [1.165, 1.54) is 23.8 Å². The van der Waals surface area contributed by atoms with Gasteiger partial charge >= 0.3 is 5.97 Å². The van der Waals surface area contributed by atoms with Gasteiger partial charge in [0.2, 0.25) is 0 Å². The van der Waals surface area contributed by atoms with Crippen LogP contribution in [-0.4, -0.2) is 17.9 Å². The molecule has 6 nitrogen and oxygen atoms in total. The predicted molar refractivity (Wildman–Crippen MR) is 92.3 cm³/mol. The SMILES string of the molecule is CNc1ccc(C(=O)OCc2ccc(C(C)C)cc2)cc1[N+](=O)[O-]. The first kappa shape index (κ1) is 17.5. The van der Waals surface area contributed by atoms with Gasteiger partial charge < -0.3 is 10.1 Å². The number of nitro benzene ring substituents is 1. The molecule has 0 atom stereocenters. The number of hydrogen-bond acceptors (Lipinski definition) is 5. The van der Waals surface area contributed by atoms with Gasteiger partial charge in [-0.1, -0.05) is 38.1 Å². The van der Waals surface area contributed by atoms with Crippen molar-refractivity contribution in [2.45, 2.75) is 26.4 Å². The molecule has 6 heteroatoms. The summed E-state index contributed by atoms with van der Waals surface area (Å²) in [6.45, 7) is 4.34. The molecule has 1 N–H and O–H groups in total. The van der Waals surface area contributed by atoms with Gasteiger partial charge in [0, 0.05) is 13.1 Å². The molecule has 24 heavy (non-hydrogen) atoms. The van der Waals surface area contributed by atoms with Crippen LogP contribution in [0.2, 0.25) is 0 Å². The molecular formula is C18H20N2O4. The van der Waals surface area contributed by atoms with Crippen LogP contribution >= 0.6 is 0 Å². The fraction of sp³-hybridized carbons (Fsp3) is 0.278. The molecule has 0 saturated carbocycles. The van der Waals surface area contributed by atoms with E-state index < -0.39 is 10.9 Å². The Bertz CT molecular complexity index is 739. The smallest absolute Gasteiger partial charge is 0.338 e. The maximum atomic E-state index is 12.1. The van der Waals surface area contributed by atoms with Gasteiger partial charge in [-0.3, -0.25) is 10.1 Å². The van der Waals surface area contributed by atoms with Gasteiger partial charge in [-0.05, 0) is 29.2 Å². The van der Waals surface area contributed by atoms with Crippen molar-refractivity contribution < 1.29 is 14.5 Å². The molecule has 2 aromatic rings. The quantitative estimate of drug-likeness (QED) is 0.490. The summed E-state index contributed by atoms with van der Waals surface area (Å²) in [5, 5.41) is 13.8. The average molecular weight is 328 g/mol. The van der Waals surface area contributed by atoms with E-state index in [1.807, 2.05) is 24.3 Å². The van der Waals surface area contributed by atoms with E-state index in [4.69, 9.17) is 4.74 Å². The predicted octanol–water partition coefficient (Wildman–Crippen LogP) is 4.12. The Kier molecular flexibility index (Phi) is 5.52. The highest BCUT2D eigenvalue weighted by molar-refractivity contribution is 5.91. The number of benzene rings is 2. The lowest BCUT2D eigenvalue weighted by atomic mass is 10.0. The summed E-state index contributed by atoms with van der Waals surface area (Å²) in [6.07, 6.45) is 0. The van der Waals surface area contributed by atoms with Crippen LogP contribution in [0, 0.1) is 10.1 Å². The van der Waals surface area contributed by atoms with Gasteiger partial charge in [0.15, 0.2) is 0 Å². The van der Waals surface area contributed by atoms with Gasteiger partial charge in [0.05, 0.1) is 10.5 Å². The standard InChI is InChI=1S/C18H20N2O4/c1-12(2)14-6-4-13(5-7-14)11-24-18(21)15-8-9-16(19-3)17(10-15)20(22)23/h4-10,12,19H,11H2,1-3H3. The lowest BCUT2D eigenvalue weighted by molar-refractivity contribution is -0.384. The Balaban J connectivity index is 2.07. The van der Waals surface area contributed by atoms with Crippen molar-refractivity contribution >= 4 is 17.3 Å². The highest BCUT2D eigenvalue weighted by atomic mass is 16.6. The lowest BCUT2D eigenvalue weighted by Crippen LogP contribution is -2.07. The minimum absolute atomic E-state index is 0.124. The Hall–Kier alpha value is -2.89. The summed E-state index contributed by atoms with van der Waals surface area (Å²) in [5.41, 5.74) is 2.42. The van der Waals surface area contributed by atoms with Crippen LogP contribution in [0.15, 0.2) is 42.5 Å². The van der Waals surface area contributed by atoms with Gasteiger partial charge in [0.1, 0.15) is 12.3 Å². The third kappa shape index (κ3) is 4.10. The zero-order valence-corrected chi connectivity index (χ0v) is 13.9. The molecule has 0 spiro atoms. The molecule has 0 amide bonds. The molecule has 0 aliphatic carbocycles. The van der Waals surface area contributed by atoms with Crippen LogP contribution in [0.25, 0.3) is 0 Å². The number of carbonyl (C=O) groups is 1. The van der Waals surface area contributed by atoms with E-state index >= 15 is 0 Å². The fourth-order valence-electron chi connectivity index (χ4n) is 2.25. The number of anilines is 1. The molecule has 0 radical (unpaired) electrons. The molecule has 0 unspecified atom stereocenters. The van der Waals surface area contributed by atoms with Crippen molar-refractivity contribution in [2.24, 2.45) is 0 Å². The summed E-state index contributed by atoms with van der Waals surface area (Å²) in [5.74, 6) is -0.151. The Morgan fingerprint density at radius 1 is 1.21 bits per heavy atom. The van der Waals surface area contributed by atoms with Crippen LogP contribution in [0.1, 0.15) is 41.3 Å². The number of rotatable bonds is 6. The number of ether oxygens (including phenoxy) is 1. The zero-order chi connectivity index (χ0) is 17.7. The van der Waals surface area contributed by atoms with Gasteiger partial charge in [-0.2, -0.15) is 0 Å². The molecule has 0 aromatic heterocycles. The minimum atomic E-state index is -0.589. The summed E-state index contributed by atoms with van der Waals surface area (Å²) in [7, 11) is 1.58. The Morgan fingerprint density at radius 3 is 2.42 bits per heavy atom. The van der Waals surface area contributed by atoms with Crippen molar-refractivity contribution in [3.63, 3.8) is 0 Å². The highest BCUT2D eigenvalue weighted by Crippen LogP contribution is 2.25. The first-order valence-corrected chi connectivity index (χ1v) is 7.64. The molecule has 0 aliphatic rings. The van der Waals surface area contributed by atoms with E-state index in [9.17, 15) is 14.9 Å². The number of nitro groups is 1. The summed E-state index contributed by atoms with van der Waals surface area (Å²) < 4.78 is 5.24. The molecule has 0 saturated heterocycles. The van der Waals surface area contributed by atoms with Crippen LogP contribution in [0.3, 0.4) is 0 Å². The van der Waals surface area contributed by atoms with Crippen molar-refractivity contribution in [1.29, 1.82) is 0 Å². The molecular weight excluding hydrogens is 308 g/mol. The highest BCUT2D eigenvalue weighted by Gasteiger charge is 2.17. The Morgan fingerprint density at radius 2 is 1.88 bits per heavy atom. The summed E-state index contributed by atoms with van der Waals surface area (Å²) >= 11 is 0. The maximum Gasteiger partial charge on any atom is 0.338 e. The molecule has 2 aromatic carbocycles. The topological polar surface area (TPSA) is 81.5 Å². The second-order valence-corrected chi connectivity index (χ2v) is 5.71. The monoisotopic (exact) mass is 328 g/mol. The van der Waals surface area contributed by atoms with E-state index in [1.54, 1.807) is 7.05 Å². The van der Waals surface area contributed by atoms with Crippen molar-refractivity contribution in [1.82, 2.24) is 0 Å². The number of carbonyl (C=O) groups excluding carboxylic acids is 1. The normalized spacial score (nSPS) is 10.5. The summed E-state index contributed by atoms with van der Waals surface area (Å²) in [6, 6.07) is 12.0. The maximum absolute atomic E-state index is 12.1. The van der Waals surface area contributed by atoms with Crippen LogP contribution in [0.5, 0.6) is 0 Å². The van der Waals surface area contributed by atoms with Crippen LogP contribution < -0.4 is 5.32 Å². The first-order valence-electron chi connectivity index (χ1n) is 7.64. The molecule has 126 valence electrons. The minimum Gasteiger partial charge on any atom is -0.457 e. The molecule has 2 rings (SSSR count). The molecule has 0 fully saturated rings. The lowest BCUT2D eigenvalue weighted by Gasteiger charge is -2.09. The largest absolute Gasteiger partial charge is 0.457 e. The number of hydrogen-bond donors (Lipinski definition) is 1. The molecule has 0 bridgehead atoms. The number of nitrogens with one attached hydrogen (secondary N) is 1. The second kappa shape index (κ2) is 7.59. The summed E-state index contributed by atoms with van der Waals surface area (Å²) in [4.78, 5) is 22.6. The number of nitrogens with zero attached hydrogens (tertiary/aromatic N) is 1. The van der Waals surface area contributed by atoms with E-state index in [0.717, 1.165) is 5.56 Å².